The molecule has 2 heterocycles. The van der Waals surface area contributed by atoms with Crippen LogP contribution in [0, 0.1) is 5.41 Å². The van der Waals surface area contributed by atoms with Gasteiger partial charge in [0.2, 0.25) is 0 Å². The summed E-state index contributed by atoms with van der Waals surface area (Å²) >= 11 is 0. The second-order valence-corrected chi connectivity index (χ2v) is 5.79. The molecule has 0 amide bonds. The molecule has 2 aliphatic carbocycles. The highest BCUT2D eigenvalue weighted by Gasteiger charge is 2.45. The Bertz CT molecular complexity index is 642. The lowest BCUT2D eigenvalue weighted by atomic mass is 9.83. The maximum atomic E-state index is 12.1. The molecule has 2 saturated carbocycles. The summed E-state index contributed by atoms with van der Waals surface area (Å²) in [5, 5.41) is 0. The number of aromatic nitrogens is 4. The molecule has 0 aliphatic heterocycles. The number of H-pyrrole nitrogens is 1. The van der Waals surface area contributed by atoms with Crippen molar-refractivity contribution in [1.82, 2.24) is 19.5 Å². The van der Waals surface area contributed by atoms with Crippen LogP contribution < -0.4 is 5.69 Å². The molecule has 5 heteroatoms. The van der Waals surface area contributed by atoms with Gasteiger partial charge in [0.15, 0.2) is 5.65 Å². The van der Waals surface area contributed by atoms with Crippen molar-refractivity contribution in [1.29, 1.82) is 0 Å². The maximum absolute atomic E-state index is 12.1. The van der Waals surface area contributed by atoms with E-state index < -0.39 is 0 Å². The summed E-state index contributed by atoms with van der Waals surface area (Å²) < 4.78 is 1.84. The summed E-state index contributed by atoms with van der Waals surface area (Å²) in [7, 11) is 0. The monoisotopic (exact) mass is 244 g/mol. The van der Waals surface area contributed by atoms with Gasteiger partial charge in [-0.1, -0.05) is 0 Å². The molecule has 94 valence electrons. The lowest BCUT2D eigenvalue weighted by Crippen LogP contribution is -2.26. The normalized spacial score (nSPS) is 22.7. The lowest BCUT2D eigenvalue weighted by Gasteiger charge is -2.28. The molecule has 4 rings (SSSR count). The van der Waals surface area contributed by atoms with Crippen LogP contribution >= 0.6 is 0 Å². The van der Waals surface area contributed by atoms with Gasteiger partial charge >= 0.3 is 5.69 Å². The van der Waals surface area contributed by atoms with Gasteiger partial charge in [0, 0.05) is 6.04 Å². The quantitative estimate of drug-likeness (QED) is 0.834. The average Bonchev–Trinajstić information content (AvgIpc) is 3.05. The first-order valence-corrected chi connectivity index (χ1v) is 6.68. The average molecular weight is 244 g/mol. The smallest absolute Gasteiger partial charge is 0.303 e. The van der Waals surface area contributed by atoms with Gasteiger partial charge in [0.25, 0.3) is 0 Å². The topological polar surface area (TPSA) is 63.6 Å². The van der Waals surface area contributed by atoms with E-state index in [0.717, 1.165) is 24.0 Å². The van der Waals surface area contributed by atoms with Gasteiger partial charge in [-0.2, -0.15) is 0 Å². The number of rotatable bonds is 1. The third-order valence-electron chi connectivity index (χ3n) is 4.72. The summed E-state index contributed by atoms with van der Waals surface area (Å²) in [5.41, 5.74) is 2.12. The third-order valence-corrected chi connectivity index (χ3v) is 4.72. The molecule has 0 radical (unpaired) electrons. The fraction of sp³-hybridized carbons (Fsp3) is 0.615. The van der Waals surface area contributed by atoms with Crippen LogP contribution in [0.25, 0.3) is 11.2 Å². The van der Waals surface area contributed by atoms with Gasteiger partial charge in [-0.25, -0.2) is 14.8 Å². The van der Waals surface area contributed by atoms with Crippen molar-refractivity contribution in [3.63, 3.8) is 0 Å². The van der Waals surface area contributed by atoms with E-state index in [4.69, 9.17) is 0 Å². The minimum atomic E-state index is -0.0396. The number of imidazole rings is 1. The second kappa shape index (κ2) is 3.43. The van der Waals surface area contributed by atoms with Gasteiger partial charge in [0.1, 0.15) is 11.8 Å². The summed E-state index contributed by atoms with van der Waals surface area (Å²) in [6.45, 7) is 0. The molecule has 1 N–H and O–H groups in total. The zero-order valence-corrected chi connectivity index (χ0v) is 10.2. The summed E-state index contributed by atoms with van der Waals surface area (Å²) in [5.74, 6) is 0. The van der Waals surface area contributed by atoms with E-state index in [2.05, 4.69) is 15.0 Å². The van der Waals surface area contributed by atoms with Crippen LogP contribution in [-0.4, -0.2) is 19.5 Å². The largest absolute Gasteiger partial charge is 0.327 e. The van der Waals surface area contributed by atoms with E-state index in [1.807, 2.05) is 4.57 Å². The van der Waals surface area contributed by atoms with Gasteiger partial charge in [-0.3, -0.25) is 4.57 Å². The molecule has 0 bridgehead atoms. The first kappa shape index (κ1) is 10.3. The number of hydrogen-bond acceptors (Lipinski definition) is 3. The van der Waals surface area contributed by atoms with Crippen LogP contribution in [0.5, 0.6) is 0 Å². The molecule has 18 heavy (non-hydrogen) atoms. The van der Waals surface area contributed by atoms with Gasteiger partial charge in [-0.05, 0) is 43.9 Å². The maximum Gasteiger partial charge on any atom is 0.327 e. The Balaban J connectivity index is 1.74. The summed E-state index contributed by atoms with van der Waals surface area (Å²) in [6.07, 6.45) is 10.7. The van der Waals surface area contributed by atoms with Crippen LogP contribution in [0.15, 0.2) is 17.3 Å². The van der Waals surface area contributed by atoms with E-state index in [1.54, 1.807) is 6.20 Å². The Morgan fingerprint density at radius 2 is 2.06 bits per heavy atom. The van der Waals surface area contributed by atoms with Gasteiger partial charge in [0.05, 0.1) is 6.20 Å². The molecule has 2 aliphatic rings. The molecule has 1 spiro atoms. The minimum Gasteiger partial charge on any atom is -0.303 e. The van der Waals surface area contributed by atoms with E-state index in [1.165, 1.54) is 32.0 Å². The molecule has 2 fully saturated rings. The summed E-state index contributed by atoms with van der Waals surface area (Å²) in [4.78, 5) is 23.1. The predicted molar refractivity (Wildman–Crippen MR) is 67.3 cm³/mol. The van der Waals surface area contributed by atoms with Crippen molar-refractivity contribution >= 4 is 11.2 Å². The molecule has 0 aromatic carbocycles. The fourth-order valence-electron chi connectivity index (χ4n) is 3.36. The van der Waals surface area contributed by atoms with Gasteiger partial charge < -0.3 is 4.98 Å². The van der Waals surface area contributed by atoms with E-state index >= 15 is 0 Å². The molecule has 0 unspecified atom stereocenters. The predicted octanol–water partition coefficient (Wildman–Crippen LogP) is 2.01. The SMILES string of the molecule is O=c1[nH]c2cncnc2n1C1CCC2(CC1)CC2. The Morgan fingerprint density at radius 1 is 1.28 bits per heavy atom. The number of nitrogens with one attached hydrogen (secondary N) is 1. The van der Waals surface area contributed by atoms with Crippen molar-refractivity contribution < 1.29 is 0 Å². The molecule has 2 aromatic heterocycles. The Morgan fingerprint density at radius 3 is 2.78 bits per heavy atom. The van der Waals surface area contributed by atoms with E-state index in [9.17, 15) is 4.79 Å². The van der Waals surface area contributed by atoms with Crippen LogP contribution in [0.4, 0.5) is 0 Å². The van der Waals surface area contributed by atoms with Crippen LogP contribution in [0.3, 0.4) is 0 Å². The highest BCUT2D eigenvalue weighted by molar-refractivity contribution is 5.68. The van der Waals surface area contributed by atoms with Gasteiger partial charge in [-0.15, -0.1) is 0 Å². The zero-order chi connectivity index (χ0) is 12.2. The number of nitrogens with zero attached hydrogens (tertiary/aromatic N) is 3. The fourth-order valence-corrected chi connectivity index (χ4v) is 3.36. The number of hydrogen-bond donors (Lipinski definition) is 1. The van der Waals surface area contributed by atoms with Crippen molar-refractivity contribution in [2.24, 2.45) is 5.41 Å². The molecule has 0 atom stereocenters. The summed E-state index contributed by atoms with van der Waals surface area (Å²) in [6, 6.07) is 0.312. The lowest BCUT2D eigenvalue weighted by molar-refractivity contribution is 0.257. The first-order chi connectivity index (χ1) is 8.77. The second-order valence-electron chi connectivity index (χ2n) is 5.79. The number of aromatic amines is 1. The minimum absolute atomic E-state index is 0.0396. The standard InChI is InChI=1S/C13H16N4O/c18-12-16-10-7-14-8-15-11(10)17(12)9-1-3-13(4-2-9)5-6-13/h7-9H,1-6H2,(H,16,18). The molecule has 2 aromatic rings. The van der Waals surface area contributed by atoms with Crippen molar-refractivity contribution in [3.05, 3.63) is 23.0 Å². The highest BCUT2D eigenvalue weighted by Crippen LogP contribution is 2.57. The number of fused-ring (bicyclic) bond motifs is 1. The first-order valence-electron chi connectivity index (χ1n) is 6.68. The molecular weight excluding hydrogens is 228 g/mol. The van der Waals surface area contributed by atoms with Crippen LogP contribution in [-0.2, 0) is 0 Å². The van der Waals surface area contributed by atoms with E-state index in [0.29, 0.717) is 11.5 Å². The van der Waals surface area contributed by atoms with Crippen LogP contribution in [0.1, 0.15) is 44.6 Å². The Hall–Kier alpha value is -1.65. The van der Waals surface area contributed by atoms with Crippen molar-refractivity contribution in [2.75, 3.05) is 0 Å². The Kier molecular flexibility index (Phi) is 1.96. The Labute approximate surface area is 104 Å². The van der Waals surface area contributed by atoms with Crippen molar-refractivity contribution in [2.45, 2.75) is 44.6 Å². The van der Waals surface area contributed by atoms with Crippen molar-refractivity contribution in [3.8, 4) is 0 Å². The zero-order valence-electron chi connectivity index (χ0n) is 10.2. The molecule has 5 nitrogen and oxygen atoms in total. The third kappa shape index (κ3) is 1.43. The van der Waals surface area contributed by atoms with Crippen LogP contribution in [0.2, 0.25) is 0 Å². The van der Waals surface area contributed by atoms with E-state index in [-0.39, 0.29) is 5.69 Å². The molecular formula is C13H16N4O. The highest BCUT2D eigenvalue weighted by atomic mass is 16.1. The molecule has 0 saturated heterocycles.